The molecule has 116 valence electrons. The number of nitrogens with one attached hydrogen (secondary N) is 1. The fourth-order valence-electron chi connectivity index (χ4n) is 2.37. The Kier molecular flexibility index (Phi) is 4.21. The van der Waals surface area contributed by atoms with Gasteiger partial charge in [-0.05, 0) is 6.92 Å². The van der Waals surface area contributed by atoms with Crippen molar-refractivity contribution in [2.45, 2.75) is 25.4 Å². The van der Waals surface area contributed by atoms with Gasteiger partial charge >= 0.3 is 5.69 Å². The molecule has 10 heteroatoms. The molecule has 0 saturated carbocycles. The van der Waals surface area contributed by atoms with Gasteiger partial charge in [-0.1, -0.05) is 0 Å². The van der Waals surface area contributed by atoms with Crippen LogP contribution in [0.5, 0.6) is 0 Å². The summed E-state index contributed by atoms with van der Waals surface area (Å²) in [4.78, 5) is 35.1. The smallest absolute Gasteiger partial charge is 0.330 e. The van der Waals surface area contributed by atoms with E-state index in [1.807, 2.05) is 0 Å². The van der Waals surface area contributed by atoms with E-state index in [0.29, 0.717) is 0 Å². The van der Waals surface area contributed by atoms with Crippen molar-refractivity contribution in [1.29, 1.82) is 0 Å². The van der Waals surface area contributed by atoms with Crippen LogP contribution >= 0.6 is 0 Å². The molecule has 1 aromatic rings. The summed E-state index contributed by atoms with van der Waals surface area (Å²) < 4.78 is 6.30. The molecule has 0 amide bonds. The largest absolute Gasteiger partial charge is 0.394 e. The van der Waals surface area contributed by atoms with Crippen LogP contribution in [-0.2, 0) is 4.74 Å². The monoisotopic (exact) mass is 301 g/mol. The van der Waals surface area contributed by atoms with E-state index in [-0.39, 0.29) is 5.56 Å². The number of nitrogens with zero attached hydrogens (tertiary/aromatic N) is 2. The topological polar surface area (TPSA) is 148 Å². The predicted octanol–water partition coefficient (Wildman–Crippen LogP) is -2.01. The number of hydrogen-bond acceptors (Lipinski definition) is 7. The second kappa shape index (κ2) is 5.76. The van der Waals surface area contributed by atoms with Crippen LogP contribution in [0.4, 0.5) is 0 Å². The fourth-order valence-corrected chi connectivity index (χ4v) is 2.37. The lowest BCUT2D eigenvalue weighted by Crippen LogP contribution is -2.38. The van der Waals surface area contributed by atoms with Crippen molar-refractivity contribution in [3.63, 3.8) is 0 Å². The summed E-state index contributed by atoms with van der Waals surface area (Å²) in [5.74, 6) is -0.950. The molecule has 0 bridgehead atoms. The van der Waals surface area contributed by atoms with Crippen LogP contribution in [0.3, 0.4) is 0 Å². The fraction of sp³-hybridized carbons (Fsp3) is 0.636. The van der Waals surface area contributed by atoms with Crippen molar-refractivity contribution < 1.29 is 19.9 Å². The number of aromatic nitrogens is 2. The Morgan fingerprint density at radius 1 is 1.52 bits per heavy atom. The van der Waals surface area contributed by atoms with Gasteiger partial charge < -0.3 is 14.9 Å². The number of ether oxygens (including phenoxy) is 1. The van der Waals surface area contributed by atoms with E-state index in [4.69, 9.17) is 4.74 Å². The number of nitro groups is 1. The van der Waals surface area contributed by atoms with Crippen LogP contribution in [0.25, 0.3) is 0 Å². The van der Waals surface area contributed by atoms with Crippen LogP contribution in [0.2, 0.25) is 0 Å². The number of H-pyrrole nitrogens is 1. The van der Waals surface area contributed by atoms with E-state index in [2.05, 4.69) is 4.98 Å². The van der Waals surface area contributed by atoms with Gasteiger partial charge in [0.05, 0.1) is 18.6 Å². The van der Waals surface area contributed by atoms with E-state index in [0.717, 1.165) is 4.57 Å². The van der Waals surface area contributed by atoms with Crippen molar-refractivity contribution in [2.75, 3.05) is 13.2 Å². The van der Waals surface area contributed by atoms with E-state index >= 15 is 0 Å². The third kappa shape index (κ3) is 2.86. The maximum atomic E-state index is 11.8. The van der Waals surface area contributed by atoms with Gasteiger partial charge in [-0.3, -0.25) is 24.5 Å². The average Bonchev–Trinajstić information content (AvgIpc) is 2.71. The molecular weight excluding hydrogens is 286 g/mol. The molecule has 1 aliphatic heterocycles. The Morgan fingerprint density at radius 3 is 2.76 bits per heavy atom. The zero-order chi connectivity index (χ0) is 15.7. The van der Waals surface area contributed by atoms with Crippen molar-refractivity contribution in [3.05, 3.63) is 42.7 Å². The van der Waals surface area contributed by atoms with E-state index < -0.39 is 53.7 Å². The van der Waals surface area contributed by atoms with Gasteiger partial charge in [-0.2, -0.15) is 0 Å². The highest BCUT2D eigenvalue weighted by atomic mass is 16.6. The molecule has 3 N–H and O–H groups in total. The van der Waals surface area contributed by atoms with Crippen molar-refractivity contribution in [3.8, 4) is 0 Å². The van der Waals surface area contributed by atoms with Crippen molar-refractivity contribution in [1.82, 2.24) is 9.55 Å². The lowest BCUT2D eigenvalue weighted by atomic mass is 9.98. The SMILES string of the molecule is Cc1cn([C@@H]2O[C@H](CO)[C@@H](C[N+](=O)[O-])[C@H]2O)c(=O)[nH]c1=O. The molecule has 0 aromatic carbocycles. The maximum absolute atomic E-state index is 11.8. The summed E-state index contributed by atoms with van der Waals surface area (Å²) in [6.07, 6.45) is -2.31. The average molecular weight is 301 g/mol. The van der Waals surface area contributed by atoms with Crippen LogP contribution in [-0.4, -0.2) is 50.0 Å². The molecule has 0 aliphatic carbocycles. The number of aliphatic hydroxyl groups excluding tert-OH is 2. The zero-order valence-corrected chi connectivity index (χ0v) is 11.1. The second-order valence-electron chi connectivity index (χ2n) is 4.90. The highest BCUT2D eigenvalue weighted by molar-refractivity contribution is 5.03. The minimum atomic E-state index is -1.35. The Morgan fingerprint density at radius 2 is 2.19 bits per heavy atom. The van der Waals surface area contributed by atoms with Crippen molar-refractivity contribution in [2.24, 2.45) is 5.92 Å². The summed E-state index contributed by atoms with van der Waals surface area (Å²) in [5.41, 5.74) is -1.14. The van der Waals surface area contributed by atoms with Crippen LogP contribution in [0.1, 0.15) is 11.8 Å². The first-order chi connectivity index (χ1) is 9.85. The first-order valence-corrected chi connectivity index (χ1v) is 6.23. The Hall–Kier alpha value is -2.04. The molecule has 0 radical (unpaired) electrons. The second-order valence-corrected chi connectivity index (χ2v) is 4.90. The van der Waals surface area contributed by atoms with Gasteiger partial charge in [0.1, 0.15) is 6.10 Å². The molecule has 0 unspecified atom stereocenters. The van der Waals surface area contributed by atoms with Crippen molar-refractivity contribution >= 4 is 0 Å². The summed E-state index contributed by atoms with van der Waals surface area (Å²) in [6.45, 7) is 0.345. The van der Waals surface area contributed by atoms with Crippen LogP contribution in [0.15, 0.2) is 15.8 Å². The predicted molar refractivity (Wildman–Crippen MR) is 68.4 cm³/mol. The maximum Gasteiger partial charge on any atom is 0.330 e. The molecule has 1 aromatic heterocycles. The van der Waals surface area contributed by atoms with Crippen LogP contribution in [0, 0.1) is 23.0 Å². The first kappa shape index (κ1) is 15.4. The molecule has 0 spiro atoms. The molecular formula is C11H15N3O7. The number of hydrogen-bond donors (Lipinski definition) is 3. The minimum Gasteiger partial charge on any atom is -0.394 e. The lowest BCUT2D eigenvalue weighted by Gasteiger charge is -2.17. The number of aliphatic hydroxyl groups is 2. The molecule has 1 fully saturated rings. The standard InChI is InChI=1S/C11H15N3O7/c1-5-2-13(11(18)12-9(5)17)10-8(16)6(3-14(19)20)7(4-15)21-10/h2,6-8,10,15-16H,3-4H2,1H3,(H,12,17,18)/t6-,7-,8-,10-/m1/s1. The minimum absolute atomic E-state index is 0.226. The van der Waals surface area contributed by atoms with Crippen LogP contribution < -0.4 is 11.2 Å². The van der Waals surface area contributed by atoms with Gasteiger partial charge in [-0.15, -0.1) is 0 Å². The quantitative estimate of drug-likeness (QED) is 0.430. The normalized spacial score (nSPS) is 28.7. The molecule has 4 atom stereocenters. The first-order valence-electron chi connectivity index (χ1n) is 6.23. The third-order valence-corrected chi connectivity index (χ3v) is 3.48. The molecule has 10 nitrogen and oxygen atoms in total. The number of aromatic amines is 1. The van der Waals surface area contributed by atoms with Gasteiger partial charge in [0.2, 0.25) is 6.54 Å². The van der Waals surface area contributed by atoms with E-state index in [1.165, 1.54) is 13.1 Å². The highest BCUT2D eigenvalue weighted by Gasteiger charge is 2.47. The molecule has 21 heavy (non-hydrogen) atoms. The molecule has 2 heterocycles. The number of aryl methyl sites for hydroxylation is 1. The number of rotatable bonds is 4. The zero-order valence-electron chi connectivity index (χ0n) is 11.1. The summed E-state index contributed by atoms with van der Waals surface area (Å²) >= 11 is 0. The Labute approximate surface area is 117 Å². The van der Waals surface area contributed by atoms with E-state index in [1.54, 1.807) is 0 Å². The molecule has 1 saturated heterocycles. The van der Waals surface area contributed by atoms with E-state index in [9.17, 15) is 29.9 Å². The lowest BCUT2D eigenvalue weighted by molar-refractivity contribution is -0.491. The van der Waals surface area contributed by atoms with Gasteiger partial charge in [0.15, 0.2) is 6.23 Å². The Bertz CT molecular complexity index is 652. The summed E-state index contributed by atoms with van der Waals surface area (Å²) in [6, 6.07) is 0. The third-order valence-electron chi connectivity index (χ3n) is 3.48. The highest BCUT2D eigenvalue weighted by Crippen LogP contribution is 2.33. The summed E-state index contributed by atoms with van der Waals surface area (Å²) in [7, 11) is 0. The molecule has 2 rings (SSSR count). The van der Waals surface area contributed by atoms with Gasteiger partial charge in [0, 0.05) is 16.7 Å². The Balaban J connectivity index is 2.37. The summed E-state index contributed by atoms with van der Waals surface area (Å²) in [5, 5.41) is 30.0. The van der Waals surface area contributed by atoms with Gasteiger partial charge in [-0.25, -0.2) is 4.79 Å². The van der Waals surface area contributed by atoms with Gasteiger partial charge in [0.25, 0.3) is 5.56 Å². The molecule has 1 aliphatic rings.